The van der Waals surface area contributed by atoms with Crippen molar-refractivity contribution >= 4 is 21.8 Å². The van der Waals surface area contributed by atoms with Crippen LogP contribution >= 0.6 is 11.8 Å². The highest BCUT2D eigenvalue weighted by atomic mass is 32.2. The molecule has 0 aliphatic carbocycles. The highest BCUT2D eigenvalue weighted by Gasteiger charge is 2.35. The van der Waals surface area contributed by atoms with Crippen molar-refractivity contribution in [2.75, 3.05) is 18.8 Å². The molecule has 0 aromatic heterocycles. The van der Waals surface area contributed by atoms with Crippen LogP contribution in [0.25, 0.3) is 0 Å². The standard InChI is InChI=1S/C13H16N2O2S2/c1-13(2)10-15(7-8-18-13)19(16,17)12-6-4-3-5-11(12)9-14/h3-6H,7-8,10H2,1-2H3. The fraction of sp³-hybridized carbons (Fsp3) is 0.462. The van der Waals surface area contributed by atoms with Crippen LogP contribution in [0.4, 0.5) is 0 Å². The minimum atomic E-state index is -3.58. The van der Waals surface area contributed by atoms with E-state index in [4.69, 9.17) is 5.26 Å². The van der Waals surface area contributed by atoms with Gasteiger partial charge in [-0.3, -0.25) is 0 Å². The van der Waals surface area contributed by atoms with Gasteiger partial charge in [-0.1, -0.05) is 12.1 Å². The highest BCUT2D eigenvalue weighted by molar-refractivity contribution is 8.00. The van der Waals surface area contributed by atoms with Gasteiger partial charge >= 0.3 is 0 Å². The molecule has 1 aromatic rings. The van der Waals surface area contributed by atoms with Gasteiger partial charge in [0.05, 0.1) is 10.5 Å². The number of thioether (sulfide) groups is 1. The first-order valence-electron chi connectivity index (χ1n) is 6.00. The van der Waals surface area contributed by atoms with Crippen molar-refractivity contribution in [2.24, 2.45) is 0 Å². The predicted molar refractivity (Wildman–Crippen MR) is 76.5 cm³/mol. The predicted octanol–water partition coefficient (Wildman–Crippen LogP) is 2.07. The third-order valence-electron chi connectivity index (χ3n) is 3.02. The molecule has 1 heterocycles. The van der Waals surface area contributed by atoms with E-state index in [1.54, 1.807) is 23.9 Å². The van der Waals surface area contributed by atoms with E-state index in [-0.39, 0.29) is 15.2 Å². The molecule has 1 aliphatic rings. The number of nitrogens with zero attached hydrogens (tertiary/aromatic N) is 2. The van der Waals surface area contributed by atoms with Gasteiger partial charge in [-0.05, 0) is 26.0 Å². The Balaban J connectivity index is 2.40. The van der Waals surface area contributed by atoms with Crippen LogP contribution in [0.2, 0.25) is 0 Å². The summed E-state index contributed by atoms with van der Waals surface area (Å²) in [5.74, 6) is 0.779. The summed E-state index contributed by atoms with van der Waals surface area (Å²) in [6.07, 6.45) is 0. The van der Waals surface area contributed by atoms with Gasteiger partial charge in [-0.15, -0.1) is 0 Å². The van der Waals surface area contributed by atoms with Gasteiger partial charge in [0.1, 0.15) is 6.07 Å². The summed E-state index contributed by atoms with van der Waals surface area (Å²) in [7, 11) is -3.58. The first-order chi connectivity index (χ1) is 8.87. The maximum atomic E-state index is 12.6. The van der Waals surface area contributed by atoms with Gasteiger partial charge in [-0.25, -0.2) is 8.42 Å². The molecular weight excluding hydrogens is 280 g/mol. The summed E-state index contributed by atoms with van der Waals surface area (Å²) in [4.78, 5) is 0.111. The van der Waals surface area contributed by atoms with E-state index in [2.05, 4.69) is 0 Å². The average molecular weight is 296 g/mol. The number of benzene rings is 1. The van der Waals surface area contributed by atoms with Crippen molar-refractivity contribution in [3.8, 4) is 6.07 Å². The smallest absolute Gasteiger partial charge is 0.207 e. The van der Waals surface area contributed by atoms with E-state index in [1.165, 1.54) is 16.4 Å². The molecule has 1 fully saturated rings. The molecule has 0 saturated carbocycles. The van der Waals surface area contributed by atoms with Crippen molar-refractivity contribution in [1.29, 1.82) is 5.26 Å². The number of hydrogen-bond donors (Lipinski definition) is 0. The van der Waals surface area contributed by atoms with E-state index < -0.39 is 10.0 Å². The Bertz CT molecular complexity index is 618. The molecule has 6 heteroatoms. The molecule has 0 amide bonds. The largest absolute Gasteiger partial charge is 0.244 e. The van der Waals surface area contributed by atoms with Crippen molar-refractivity contribution in [3.63, 3.8) is 0 Å². The Morgan fingerprint density at radius 1 is 1.37 bits per heavy atom. The van der Waals surface area contributed by atoms with Crippen molar-refractivity contribution in [2.45, 2.75) is 23.5 Å². The van der Waals surface area contributed by atoms with Crippen LogP contribution in [-0.2, 0) is 10.0 Å². The minimum Gasteiger partial charge on any atom is -0.207 e. The lowest BCUT2D eigenvalue weighted by Crippen LogP contribution is -2.46. The molecule has 1 aliphatic heterocycles. The van der Waals surface area contributed by atoms with Crippen molar-refractivity contribution < 1.29 is 8.42 Å². The molecule has 0 radical (unpaired) electrons. The van der Waals surface area contributed by atoms with Gasteiger partial charge in [0.25, 0.3) is 0 Å². The van der Waals surface area contributed by atoms with Gasteiger partial charge < -0.3 is 0 Å². The van der Waals surface area contributed by atoms with E-state index in [0.29, 0.717) is 13.1 Å². The lowest BCUT2D eigenvalue weighted by Gasteiger charge is -2.36. The summed E-state index contributed by atoms with van der Waals surface area (Å²) in [5, 5.41) is 9.05. The first-order valence-corrected chi connectivity index (χ1v) is 8.43. The molecule has 0 atom stereocenters. The second-order valence-electron chi connectivity index (χ2n) is 5.05. The van der Waals surface area contributed by atoms with Crippen LogP contribution in [0.3, 0.4) is 0 Å². The maximum Gasteiger partial charge on any atom is 0.244 e. The van der Waals surface area contributed by atoms with E-state index in [1.807, 2.05) is 19.9 Å². The molecule has 19 heavy (non-hydrogen) atoms. The fourth-order valence-corrected chi connectivity index (χ4v) is 5.15. The minimum absolute atomic E-state index is 0.0904. The van der Waals surface area contributed by atoms with Crippen LogP contribution in [0.15, 0.2) is 29.2 Å². The Labute approximate surface area is 118 Å². The lowest BCUT2D eigenvalue weighted by atomic mass is 10.2. The number of hydrogen-bond acceptors (Lipinski definition) is 4. The second-order valence-corrected chi connectivity index (χ2v) is 8.76. The summed E-state index contributed by atoms with van der Waals surface area (Å²) in [6, 6.07) is 8.32. The molecular formula is C13H16N2O2S2. The summed E-state index contributed by atoms with van der Waals surface area (Å²) in [5.41, 5.74) is 0.207. The Kier molecular flexibility index (Phi) is 3.90. The number of sulfonamides is 1. The quantitative estimate of drug-likeness (QED) is 0.838. The summed E-state index contributed by atoms with van der Waals surface area (Å²) in [6.45, 7) is 5.04. The normalized spacial score (nSPS) is 19.8. The first kappa shape index (κ1) is 14.4. The molecule has 0 unspecified atom stereocenters. The molecule has 1 aromatic carbocycles. The Hall–Kier alpha value is -1.03. The van der Waals surface area contributed by atoms with Crippen LogP contribution in [-0.4, -0.2) is 36.3 Å². The van der Waals surface area contributed by atoms with Gasteiger partial charge in [-0.2, -0.15) is 21.3 Å². The lowest BCUT2D eigenvalue weighted by molar-refractivity contribution is 0.387. The Morgan fingerprint density at radius 3 is 2.68 bits per heavy atom. The van der Waals surface area contributed by atoms with Gasteiger partial charge in [0, 0.05) is 23.6 Å². The van der Waals surface area contributed by atoms with Crippen LogP contribution in [0.5, 0.6) is 0 Å². The summed E-state index contributed by atoms with van der Waals surface area (Å²) >= 11 is 1.77. The molecule has 4 nitrogen and oxygen atoms in total. The summed E-state index contributed by atoms with van der Waals surface area (Å²) < 4.78 is 26.6. The van der Waals surface area contributed by atoms with E-state index >= 15 is 0 Å². The zero-order valence-corrected chi connectivity index (χ0v) is 12.6. The maximum absolute atomic E-state index is 12.6. The van der Waals surface area contributed by atoms with Crippen molar-refractivity contribution in [3.05, 3.63) is 29.8 Å². The number of nitriles is 1. The third kappa shape index (κ3) is 2.94. The Morgan fingerprint density at radius 2 is 2.05 bits per heavy atom. The van der Waals surface area contributed by atoms with E-state index in [0.717, 1.165) is 5.75 Å². The van der Waals surface area contributed by atoms with E-state index in [9.17, 15) is 8.42 Å². The molecule has 0 bridgehead atoms. The highest BCUT2D eigenvalue weighted by Crippen LogP contribution is 2.32. The monoisotopic (exact) mass is 296 g/mol. The SMILES string of the molecule is CC1(C)CN(S(=O)(=O)c2ccccc2C#N)CCS1. The molecule has 0 spiro atoms. The second kappa shape index (κ2) is 5.16. The topological polar surface area (TPSA) is 61.2 Å². The molecule has 102 valence electrons. The average Bonchev–Trinajstić information content (AvgIpc) is 2.37. The van der Waals surface area contributed by atoms with Crippen LogP contribution in [0, 0.1) is 11.3 Å². The van der Waals surface area contributed by atoms with Gasteiger partial charge in [0.2, 0.25) is 10.0 Å². The fourth-order valence-electron chi connectivity index (χ4n) is 2.10. The van der Waals surface area contributed by atoms with Crippen molar-refractivity contribution in [1.82, 2.24) is 4.31 Å². The molecule has 1 saturated heterocycles. The van der Waals surface area contributed by atoms with Gasteiger partial charge in [0.15, 0.2) is 0 Å². The van der Waals surface area contributed by atoms with Crippen LogP contribution < -0.4 is 0 Å². The zero-order chi connectivity index (χ0) is 14.1. The third-order valence-corrected chi connectivity index (χ3v) is 6.22. The number of rotatable bonds is 2. The molecule has 0 N–H and O–H groups in total. The zero-order valence-electron chi connectivity index (χ0n) is 11.0. The van der Waals surface area contributed by atoms with Crippen LogP contribution in [0.1, 0.15) is 19.4 Å². The molecule has 2 rings (SSSR count).